The van der Waals surface area contributed by atoms with Gasteiger partial charge in [-0.3, -0.25) is 19.1 Å². The first-order valence-electron chi connectivity index (χ1n) is 10.3. The Labute approximate surface area is 181 Å². The summed E-state index contributed by atoms with van der Waals surface area (Å²) in [6, 6.07) is 3.80. The average molecular weight is 435 g/mol. The van der Waals surface area contributed by atoms with Crippen LogP contribution in [0.4, 0.5) is 0 Å². The van der Waals surface area contributed by atoms with E-state index in [0.29, 0.717) is 29.6 Å². The second-order valence-corrected chi connectivity index (χ2v) is 8.39. The van der Waals surface area contributed by atoms with Crippen molar-refractivity contribution in [2.45, 2.75) is 52.4 Å². The number of piperidine rings is 1. The summed E-state index contributed by atoms with van der Waals surface area (Å²) in [5.74, 6) is 1.05. The maximum Gasteiger partial charge on any atom is 0.225 e. The number of hydrogen-bond acceptors (Lipinski definition) is 6. The average Bonchev–Trinajstić information content (AvgIpc) is 3.34. The van der Waals surface area contributed by atoms with Gasteiger partial charge in [-0.25, -0.2) is 4.68 Å². The molecule has 1 aliphatic rings. The van der Waals surface area contributed by atoms with Gasteiger partial charge < -0.3 is 15.1 Å². The van der Waals surface area contributed by atoms with Gasteiger partial charge >= 0.3 is 0 Å². The van der Waals surface area contributed by atoms with Crippen molar-refractivity contribution in [2.24, 2.45) is 11.7 Å². The maximum absolute atomic E-state index is 12.6. The second kappa shape index (κ2) is 9.57. The fourth-order valence-electron chi connectivity index (χ4n) is 3.60. The van der Waals surface area contributed by atoms with E-state index in [1.807, 2.05) is 31.9 Å². The Kier molecular flexibility index (Phi) is 7.09. The van der Waals surface area contributed by atoms with Crippen molar-refractivity contribution in [1.82, 2.24) is 24.1 Å². The summed E-state index contributed by atoms with van der Waals surface area (Å²) in [5, 5.41) is 4.64. The van der Waals surface area contributed by atoms with E-state index < -0.39 is 5.91 Å². The number of hydrogen-bond donors (Lipinski definition) is 1. The summed E-state index contributed by atoms with van der Waals surface area (Å²) >= 11 is 5.62. The van der Waals surface area contributed by atoms with E-state index in [1.165, 1.54) is 0 Å². The lowest BCUT2D eigenvalue weighted by Gasteiger charge is -2.34. The van der Waals surface area contributed by atoms with Crippen molar-refractivity contribution in [3.63, 3.8) is 0 Å². The zero-order valence-electron chi connectivity index (χ0n) is 17.8. The number of carbonyl (C=O) groups excluding carboxylic acids is 2. The monoisotopic (exact) mass is 434 g/mol. The lowest BCUT2D eigenvalue weighted by molar-refractivity contribution is -0.137. The van der Waals surface area contributed by atoms with Crippen LogP contribution < -0.4 is 5.73 Å². The predicted octanol–water partition coefficient (Wildman–Crippen LogP) is 2.09. The molecule has 0 radical (unpaired) electrons. The predicted molar refractivity (Wildman–Crippen MR) is 115 cm³/mol. The van der Waals surface area contributed by atoms with Gasteiger partial charge in [0.2, 0.25) is 11.8 Å². The number of likely N-dealkylation sites (tertiary alicyclic amines) is 1. The van der Waals surface area contributed by atoms with Gasteiger partial charge in [-0.15, -0.1) is 5.10 Å². The van der Waals surface area contributed by atoms with Crippen LogP contribution in [0.25, 0.3) is 11.6 Å². The van der Waals surface area contributed by atoms with Crippen LogP contribution in [-0.4, -0.2) is 62.1 Å². The number of rotatable bonds is 8. The second-order valence-electron chi connectivity index (χ2n) is 8.03. The lowest BCUT2D eigenvalue weighted by atomic mass is 9.95. The van der Waals surface area contributed by atoms with Gasteiger partial charge in [-0.2, -0.15) is 0 Å². The third-order valence-electron chi connectivity index (χ3n) is 5.64. The molecule has 0 spiro atoms. The summed E-state index contributed by atoms with van der Waals surface area (Å²) in [7, 11) is 1.87. The van der Waals surface area contributed by atoms with Gasteiger partial charge in [0.1, 0.15) is 0 Å². The Morgan fingerprint density at radius 1 is 1.37 bits per heavy atom. The first kappa shape index (κ1) is 22.2. The Bertz CT molecular complexity index is 925. The quantitative estimate of drug-likeness (QED) is 0.638. The van der Waals surface area contributed by atoms with Crippen molar-refractivity contribution < 1.29 is 14.0 Å². The van der Waals surface area contributed by atoms with Crippen molar-refractivity contribution in [2.75, 3.05) is 20.1 Å². The number of carbonyl (C=O) groups is 2. The smallest absolute Gasteiger partial charge is 0.225 e. The zero-order chi connectivity index (χ0) is 21.8. The number of nitrogens with zero attached hydrogens (tertiary/aromatic N) is 5. The topological polar surface area (TPSA) is 103 Å². The largest absolute Gasteiger partial charge is 0.461 e. The highest BCUT2D eigenvalue weighted by Crippen LogP contribution is 2.22. The molecule has 1 aliphatic heterocycles. The van der Waals surface area contributed by atoms with Crippen molar-refractivity contribution in [1.29, 1.82) is 0 Å². The third-order valence-corrected chi connectivity index (χ3v) is 6.07. The van der Waals surface area contributed by atoms with Crippen LogP contribution in [0.1, 0.15) is 33.1 Å². The number of aromatic nitrogens is 3. The fraction of sp³-hybridized carbons (Fsp3) is 0.600. The Morgan fingerprint density at radius 3 is 2.63 bits per heavy atom. The molecule has 3 rings (SSSR count). The highest BCUT2D eigenvalue weighted by atomic mass is 32.1. The summed E-state index contributed by atoms with van der Waals surface area (Å²) in [6.07, 6.45) is 3.38. The first-order valence-corrected chi connectivity index (χ1v) is 10.7. The van der Waals surface area contributed by atoms with E-state index >= 15 is 0 Å². The molecule has 0 bridgehead atoms. The zero-order valence-corrected chi connectivity index (χ0v) is 18.6. The lowest BCUT2D eigenvalue weighted by Crippen LogP contribution is -2.43. The van der Waals surface area contributed by atoms with Crippen molar-refractivity contribution >= 4 is 24.0 Å². The molecule has 3 heterocycles. The Morgan fingerprint density at radius 2 is 2.07 bits per heavy atom. The van der Waals surface area contributed by atoms with E-state index in [1.54, 1.807) is 21.6 Å². The van der Waals surface area contributed by atoms with Crippen LogP contribution in [-0.2, 0) is 22.8 Å². The summed E-state index contributed by atoms with van der Waals surface area (Å²) in [5.41, 5.74) is 5.32. The molecule has 2 aromatic rings. The standard InChI is InChI=1S/C20H30N6O3S/c1-14(2)23(3)19(28)15-6-9-24(10-7-15)13-26-20(30)25(11-8-17(21)27)18(22-26)16-5-4-12-29-16/h4-5,12,14-15H,6-11,13H2,1-3H3,(H2,21,27). The van der Waals surface area contributed by atoms with Gasteiger partial charge in [0.25, 0.3) is 0 Å². The number of primary amides is 1. The van der Waals surface area contributed by atoms with Gasteiger partial charge in [-0.1, -0.05) is 0 Å². The number of nitrogens with two attached hydrogens (primary N) is 1. The number of amides is 2. The molecule has 2 N–H and O–H groups in total. The van der Waals surface area contributed by atoms with Crippen LogP contribution in [0, 0.1) is 10.7 Å². The van der Waals surface area contributed by atoms with E-state index in [2.05, 4.69) is 10.00 Å². The molecule has 9 nitrogen and oxygen atoms in total. The summed E-state index contributed by atoms with van der Waals surface area (Å²) in [6.45, 7) is 6.53. The summed E-state index contributed by atoms with van der Waals surface area (Å²) in [4.78, 5) is 27.9. The third kappa shape index (κ3) is 4.99. The number of furan rings is 1. The van der Waals surface area contributed by atoms with Gasteiger partial charge in [0.05, 0.1) is 12.9 Å². The first-order chi connectivity index (χ1) is 14.3. The van der Waals surface area contributed by atoms with Crippen LogP contribution in [0.15, 0.2) is 22.8 Å². The molecular weight excluding hydrogens is 404 g/mol. The van der Waals surface area contributed by atoms with E-state index in [-0.39, 0.29) is 24.3 Å². The molecule has 30 heavy (non-hydrogen) atoms. The highest BCUT2D eigenvalue weighted by molar-refractivity contribution is 7.71. The van der Waals surface area contributed by atoms with Crippen LogP contribution in [0.2, 0.25) is 0 Å². The molecule has 0 unspecified atom stereocenters. The van der Waals surface area contributed by atoms with E-state index in [4.69, 9.17) is 22.4 Å². The minimum absolute atomic E-state index is 0.0634. The molecule has 1 fully saturated rings. The van der Waals surface area contributed by atoms with E-state index in [9.17, 15) is 9.59 Å². The molecule has 2 amide bonds. The molecule has 0 atom stereocenters. The van der Waals surface area contributed by atoms with Crippen molar-refractivity contribution in [3.05, 3.63) is 23.2 Å². The fourth-order valence-corrected chi connectivity index (χ4v) is 3.87. The Hall–Kier alpha value is -2.46. The van der Waals surface area contributed by atoms with Crippen LogP contribution in [0.5, 0.6) is 0 Å². The molecule has 10 heteroatoms. The molecule has 0 saturated carbocycles. The SMILES string of the molecule is CC(C)N(C)C(=O)C1CCN(Cn2nc(-c3ccco3)n(CCC(N)=O)c2=S)CC1. The van der Waals surface area contributed by atoms with Gasteiger partial charge in [0, 0.05) is 45.1 Å². The highest BCUT2D eigenvalue weighted by Gasteiger charge is 2.28. The molecule has 0 aromatic carbocycles. The Balaban J connectivity index is 1.70. The molecule has 164 valence electrons. The minimum atomic E-state index is -0.395. The molecular formula is C20H30N6O3S. The van der Waals surface area contributed by atoms with Gasteiger partial charge in [-0.05, 0) is 51.0 Å². The van der Waals surface area contributed by atoms with E-state index in [0.717, 1.165) is 25.9 Å². The van der Waals surface area contributed by atoms with Crippen molar-refractivity contribution in [3.8, 4) is 11.6 Å². The molecule has 1 saturated heterocycles. The van der Waals surface area contributed by atoms with Gasteiger partial charge in [0.15, 0.2) is 16.4 Å². The van der Waals surface area contributed by atoms with Crippen LogP contribution in [0.3, 0.4) is 0 Å². The summed E-state index contributed by atoms with van der Waals surface area (Å²) < 4.78 is 9.54. The van der Waals surface area contributed by atoms with Crippen LogP contribution >= 0.6 is 12.2 Å². The minimum Gasteiger partial charge on any atom is -0.461 e. The maximum atomic E-state index is 12.6. The normalized spacial score (nSPS) is 15.6. The molecule has 0 aliphatic carbocycles. The molecule has 2 aromatic heterocycles.